The Balaban J connectivity index is 2.66. The first kappa shape index (κ1) is 18.9. The van der Waals surface area contributed by atoms with Crippen LogP contribution >= 0.6 is 20.4 Å². The van der Waals surface area contributed by atoms with Gasteiger partial charge in [-0.3, -0.25) is 4.79 Å². The molecule has 122 valence electrons. The molecular formula is C12H18N2O6PS+. The highest BCUT2D eigenvalue weighted by Crippen LogP contribution is 2.46. The van der Waals surface area contributed by atoms with Gasteiger partial charge in [0.15, 0.2) is 0 Å². The Morgan fingerprint density at radius 3 is 2.77 bits per heavy atom. The van der Waals surface area contributed by atoms with Crippen molar-refractivity contribution in [3.8, 4) is 12.3 Å². The first-order chi connectivity index (χ1) is 10.3. The number of likely N-dealkylation sites (N-methyl/N-ethyl adjacent to an activating group) is 1. The van der Waals surface area contributed by atoms with Crippen molar-refractivity contribution in [1.82, 2.24) is 10.2 Å². The fraction of sp³-hybridized carbons (Fsp3) is 0.500. The van der Waals surface area contributed by atoms with Gasteiger partial charge < -0.3 is 15.0 Å². The van der Waals surface area contributed by atoms with E-state index in [1.165, 1.54) is 23.6 Å². The molecule has 0 aromatic rings. The van der Waals surface area contributed by atoms with Gasteiger partial charge in [-0.25, -0.2) is 0 Å². The van der Waals surface area contributed by atoms with Gasteiger partial charge in [0.05, 0.1) is 11.6 Å². The molecule has 1 aliphatic rings. The Morgan fingerprint density at radius 2 is 2.27 bits per heavy atom. The zero-order valence-electron chi connectivity index (χ0n) is 11.9. The van der Waals surface area contributed by atoms with Crippen molar-refractivity contribution in [1.29, 1.82) is 0 Å². The van der Waals surface area contributed by atoms with Crippen LogP contribution in [-0.2, 0) is 14.1 Å². The zero-order chi connectivity index (χ0) is 16.8. The van der Waals surface area contributed by atoms with Gasteiger partial charge in [0.2, 0.25) is 0 Å². The van der Waals surface area contributed by atoms with Crippen LogP contribution in [0, 0.1) is 12.3 Å². The molecule has 0 spiro atoms. The minimum atomic E-state index is -4.28. The number of hydrogen-bond acceptors (Lipinski definition) is 7. The van der Waals surface area contributed by atoms with Gasteiger partial charge in [-0.1, -0.05) is 18.1 Å². The van der Waals surface area contributed by atoms with Gasteiger partial charge in [0, 0.05) is 13.2 Å². The molecule has 8 nitrogen and oxygen atoms in total. The molecule has 10 heteroatoms. The van der Waals surface area contributed by atoms with Crippen LogP contribution in [0.1, 0.15) is 12.8 Å². The van der Waals surface area contributed by atoms with Crippen molar-refractivity contribution in [2.45, 2.75) is 25.2 Å². The Bertz CT molecular complexity index is 487. The second-order valence-corrected chi connectivity index (χ2v) is 5.91. The molecule has 0 aliphatic carbocycles. The average molecular weight is 349 g/mol. The van der Waals surface area contributed by atoms with Crippen molar-refractivity contribution < 1.29 is 28.7 Å². The quantitative estimate of drug-likeness (QED) is 0.214. The lowest BCUT2D eigenvalue weighted by Crippen LogP contribution is -2.31. The van der Waals surface area contributed by atoms with Crippen molar-refractivity contribution in [2.24, 2.45) is 0 Å². The van der Waals surface area contributed by atoms with E-state index < -0.39 is 26.4 Å². The first-order valence-corrected chi connectivity index (χ1v) is 8.35. The highest BCUT2D eigenvalue weighted by Gasteiger charge is 2.37. The summed E-state index contributed by atoms with van der Waals surface area (Å²) >= 11 is 4.89. The summed E-state index contributed by atoms with van der Waals surface area (Å²) in [5, 5.41) is 2.42. The predicted octanol–water partition coefficient (Wildman–Crippen LogP) is -0.315. The van der Waals surface area contributed by atoms with E-state index in [1.54, 1.807) is 0 Å². The van der Waals surface area contributed by atoms with Crippen LogP contribution in [-0.4, -0.2) is 57.0 Å². The standard InChI is InChI=1S/C12H17N2O6PS/c1-3-9(12(15)13-2)6-14(8-22)11-5-4-10(20-11)7-19-21(16,17)18/h1,6,8,10-11,16-18H,4-5,7H2,2H3/p+1/b9-6-. The molecule has 0 aromatic carbocycles. The van der Waals surface area contributed by atoms with Crippen LogP contribution < -0.4 is 5.32 Å². The number of hydrogen-bond donors (Lipinski definition) is 4. The number of carbonyl (C=O) groups is 1. The maximum atomic E-state index is 11.5. The number of ether oxygens (including phenoxy) is 1. The van der Waals surface area contributed by atoms with Crippen molar-refractivity contribution in [3.05, 3.63) is 11.8 Å². The lowest BCUT2D eigenvalue weighted by atomic mass is 10.2. The van der Waals surface area contributed by atoms with Gasteiger partial charge in [0.25, 0.3) is 5.91 Å². The molecule has 1 fully saturated rings. The molecule has 0 saturated carbocycles. The number of carbonyl (C=O) groups excluding carboxylic acids is 1. The summed E-state index contributed by atoms with van der Waals surface area (Å²) < 4.78 is 10.1. The predicted molar refractivity (Wildman–Crippen MR) is 83.9 cm³/mol. The van der Waals surface area contributed by atoms with Gasteiger partial charge in [0.1, 0.15) is 18.4 Å². The SMILES string of the molecule is C#C/C(=C/N(C=S)C1CCC(CO[P+](O)(O)O)O1)C(=O)NC. The van der Waals surface area contributed by atoms with Crippen molar-refractivity contribution in [3.63, 3.8) is 0 Å². The second-order valence-electron chi connectivity index (χ2n) is 4.42. The van der Waals surface area contributed by atoms with E-state index in [-0.39, 0.29) is 12.2 Å². The van der Waals surface area contributed by atoms with Crippen molar-refractivity contribution >= 4 is 31.8 Å². The molecule has 0 radical (unpaired) electrons. The van der Waals surface area contributed by atoms with Crippen LogP contribution in [0.5, 0.6) is 0 Å². The molecule has 0 bridgehead atoms. The fourth-order valence-corrected chi connectivity index (χ4v) is 2.40. The maximum Gasteiger partial charge on any atom is 0.567 e. The molecule has 1 rings (SSSR count). The fourth-order valence-electron chi connectivity index (χ4n) is 1.84. The number of thiocarbonyl (C=S) groups is 1. The number of rotatable bonds is 7. The molecule has 4 N–H and O–H groups in total. The van der Waals surface area contributed by atoms with Crippen LogP contribution in [0.2, 0.25) is 0 Å². The second kappa shape index (κ2) is 8.50. The average Bonchev–Trinajstić information content (AvgIpc) is 2.94. The summed E-state index contributed by atoms with van der Waals surface area (Å²) in [5.74, 6) is 1.84. The first-order valence-electron chi connectivity index (χ1n) is 6.31. The van der Waals surface area contributed by atoms with Gasteiger partial charge in [-0.15, -0.1) is 6.42 Å². The number of terminal acetylenes is 1. The minimum Gasteiger partial charge on any atom is -0.355 e. The van der Waals surface area contributed by atoms with E-state index in [2.05, 4.69) is 15.8 Å². The molecule has 1 amide bonds. The summed E-state index contributed by atoms with van der Waals surface area (Å²) in [6.45, 7) is -0.166. The summed E-state index contributed by atoms with van der Waals surface area (Å²) in [6, 6.07) is 0. The van der Waals surface area contributed by atoms with E-state index in [4.69, 9.17) is 38.1 Å². The topological polar surface area (TPSA) is 111 Å². The Hall–Kier alpha value is -1.11. The van der Waals surface area contributed by atoms with E-state index in [9.17, 15) is 4.79 Å². The maximum absolute atomic E-state index is 11.5. The van der Waals surface area contributed by atoms with Gasteiger partial charge in [-0.05, 0) is 12.8 Å². The zero-order valence-corrected chi connectivity index (χ0v) is 13.6. The molecule has 0 aromatic heterocycles. The van der Waals surface area contributed by atoms with E-state index >= 15 is 0 Å². The summed E-state index contributed by atoms with van der Waals surface area (Å²) in [6.07, 6.45) is 6.92. The Labute approximate surface area is 134 Å². The van der Waals surface area contributed by atoms with Crippen LogP contribution in [0.25, 0.3) is 0 Å². The lowest BCUT2D eigenvalue weighted by Gasteiger charge is -2.23. The van der Waals surface area contributed by atoms with E-state index in [0.717, 1.165) is 0 Å². The molecule has 1 heterocycles. The molecule has 2 unspecified atom stereocenters. The summed E-state index contributed by atoms with van der Waals surface area (Å²) in [7, 11) is -2.82. The largest absolute Gasteiger partial charge is 0.567 e. The third-order valence-corrected chi connectivity index (χ3v) is 3.62. The third kappa shape index (κ3) is 5.94. The monoisotopic (exact) mass is 349 g/mol. The van der Waals surface area contributed by atoms with Gasteiger partial charge >= 0.3 is 8.17 Å². The van der Waals surface area contributed by atoms with Crippen LogP contribution in [0.4, 0.5) is 0 Å². The number of nitrogens with zero attached hydrogens (tertiary/aromatic N) is 1. The number of nitrogens with one attached hydrogen (secondary N) is 1. The van der Waals surface area contributed by atoms with Crippen molar-refractivity contribution in [2.75, 3.05) is 13.7 Å². The molecule has 1 aliphatic heterocycles. The van der Waals surface area contributed by atoms with Gasteiger partial charge in [-0.2, -0.15) is 19.2 Å². The summed E-state index contributed by atoms with van der Waals surface area (Å²) in [5.41, 5.74) is 1.40. The van der Waals surface area contributed by atoms with Crippen LogP contribution in [0.3, 0.4) is 0 Å². The highest BCUT2D eigenvalue weighted by atomic mass is 32.1. The Kier molecular flexibility index (Phi) is 7.32. The smallest absolute Gasteiger partial charge is 0.355 e. The molecule has 1 saturated heterocycles. The normalized spacial score (nSPS) is 22.0. The molecule has 2 atom stereocenters. The van der Waals surface area contributed by atoms with E-state index in [1.807, 2.05) is 0 Å². The highest BCUT2D eigenvalue weighted by molar-refractivity contribution is 7.78. The molecule has 22 heavy (non-hydrogen) atoms. The number of amides is 1. The van der Waals surface area contributed by atoms with Crippen LogP contribution in [0.15, 0.2) is 11.8 Å². The Morgan fingerprint density at radius 1 is 1.59 bits per heavy atom. The van der Waals surface area contributed by atoms with E-state index in [0.29, 0.717) is 12.8 Å². The molecular weight excluding hydrogens is 331 g/mol. The minimum absolute atomic E-state index is 0.0953. The summed E-state index contributed by atoms with van der Waals surface area (Å²) in [4.78, 5) is 39.4. The third-order valence-electron chi connectivity index (χ3n) is 2.88. The lowest BCUT2D eigenvalue weighted by molar-refractivity contribution is -0.116.